The van der Waals surface area contributed by atoms with Crippen molar-refractivity contribution in [2.24, 2.45) is 0 Å². The molecule has 0 saturated heterocycles. The smallest absolute Gasteiger partial charge is 0.274 e. The van der Waals surface area contributed by atoms with Gasteiger partial charge >= 0.3 is 0 Å². The minimum Gasteiger partial charge on any atom is -0.382 e. The molecule has 1 amide bonds. The average Bonchev–Trinajstić information content (AvgIpc) is 2.79. The lowest BCUT2D eigenvalue weighted by Gasteiger charge is -2.20. The molecule has 2 aromatic carbocycles. The van der Waals surface area contributed by atoms with Crippen LogP contribution in [0, 0.1) is 12.3 Å². The first-order valence-electron chi connectivity index (χ1n) is 9.46. The summed E-state index contributed by atoms with van der Waals surface area (Å²) in [4.78, 5) is 38.8. The Kier molecular flexibility index (Phi) is 5.16. The maximum atomic E-state index is 13.5. The van der Waals surface area contributed by atoms with Crippen LogP contribution in [0.15, 0.2) is 65.7 Å². The summed E-state index contributed by atoms with van der Waals surface area (Å²) in [5.74, 6) is 2.38. The van der Waals surface area contributed by atoms with E-state index in [9.17, 15) is 9.59 Å². The lowest BCUT2D eigenvalue weighted by molar-refractivity contribution is 0.0933. The fourth-order valence-electron chi connectivity index (χ4n) is 3.34. The number of hydrogen-bond donors (Lipinski definition) is 2. The van der Waals surface area contributed by atoms with Gasteiger partial charge in [-0.2, -0.15) is 0 Å². The minimum atomic E-state index is -0.652. The number of nitrogens with one attached hydrogen (secondary N) is 1. The summed E-state index contributed by atoms with van der Waals surface area (Å²) in [5.41, 5.74) is 6.94. The van der Waals surface area contributed by atoms with Crippen molar-refractivity contribution in [1.82, 2.24) is 24.8 Å². The van der Waals surface area contributed by atoms with E-state index in [0.29, 0.717) is 28.0 Å². The molecule has 1 atom stereocenters. The van der Waals surface area contributed by atoms with Crippen LogP contribution >= 0.6 is 0 Å². The predicted molar refractivity (Wildman–Crippen MR) is 118 cm³/mol. The fraction of sp³-hybridized carbons (Fsp3) is 0.0870. The van der Waals surface area contributed by atoms with Crippen LogP contribution in [0.1, 0.15) is 34.8 Å². The number of rotatable bonds is 4. The molecule has 2 heterocycles. The SMILES string of the molecule is C#Cc1cccc2nc(C(C)NC(=O)c3nccnc3N)n(-c3ccccc3)c(=O)c12. The number of nitrogens with zero attached hydrogens (tertiary/aromatic N) is 4. The van der Waals surface area contributed by atoms with Crippen LogP contribution in [0.2, 0.25) is 0 Å². The number of fused-ring (bicyclic) bond motifs is 1. The lowest BCUT2D eigenvalue weighted by atomic mass is 10.1. The molecule has 31 heavy (non-hydrogen) atoms. The molecule has 4 aromatic rings. The van der Waals surface area contributed by atoms with Gasteiger partial charge in [0.2, 0.25) is 0 Å². The summed E-state index contributed by atoms with van der Waals surface area (Å²) < 4.78 is 1.45. The first-order valence-corrected chi connectivity index (χ1v) is 9.46. The first kappa shape index (κ1) is 19.8. The van der Waals surface area contributed by atoms with Crippen LogP contribution in [-0.2, 0) is 0 Å². The highest BCUT2D eigenvalue weighted by atomic mass is 16.2. The van der Waals surface area contributed by atoms with E-state index in [4.69, 9.17) is 12.2 Å². The van der Waals surface area contributed by atoms with Gasteiger partial charge in [-0.3, -0.25) is 14.2 Å². The number of nitrogens with two attached hydrogens (primary N) is 1. The van der Waals surface area contributed by atoms with Gasteiger partial charge in [0.1, 0.15) is 5.82 Å². The maximum absolute atomic E-state index is 13.5. The van der Waals surface area contributed by atoms with Crippen LogP contribution in [0.3, 0.4) is 0 Å². The maximum Gasteiger partial charge on any atom is 0.274 e. The highest BCUT2D eigenvalue weighted by Gasteiger charge is 2.22. The molecule has 0 radical (unpaired) electrons. The zero-order valence-corrected chi connectivity index (χ0v) is 16.6. The largest absolute Gasteiger partial charge is 0.382 e. The van der Waals surface area contributed by atoms with E-state index < -0.39 is 11.9 Å². The number of hydrogen-bond acceptors (Lipinski definition) is 6. The van der Waals surface area contributed by atoms with Crippen LogP contribution in [0.5, 0.6) is 0 Å². The van der Waals surface area contributed by atoms with Gasteiger partial charge in [0.25, 0.3) is 11.5 Å². The molecule has 1 unspecified atom stereocenters. The standard InChI is InChI=1S/C23H18N6O2/c1-3-15-8-7-11-17-18(15)23(31)29(16-9-5-4-6-10-16)21(28-17)14(2)27-22(30)19-20(24)26-13-12-25-19/h1,4-14H,2H3,(H2,24,26)(H,27,30). The molecule has 0 aliphatic heterocycles. The molecule has 152 valence electrons. The van der Waals surface area contributed by atoms with E-state index in [-0.39, 0.29) is 17.1 Å². The zero-order chi connectivity index (χ0) is 22.0. The molecule has 3 N–H and O–H groups in total. The number of aromatic nitrogens is 4. The van der Waals surface area contributed by atoms with Gasteiger partial charge in [0, 0.05) is 18.0 Å². The van der Waals surface area contributed by atoms with Crippen molar-refractivity contribution >= 4 is 22.6 Å². The number of carbonyl (C=O) groups excluding carboxylic acids is 1. The Bertz CT molecular complexity index is 1390. The van der Waals surface area contributed by atoms with Gasteiger partial charge in [-0.1, -0.05) is 30.2 Å². The molecule has 8 nitrogen and oxygen atoms in total. The van der Waals surface area contributed by atoms with Crippen molar-refractivity contribution in [2.45, 2.75) is 13.0 Å². The summed E-state index contributed by atoms with van der Waals surface area (Å²) >= 11 is 0. The second kappa shape index (κ2) is 8.08. The fourth-order valence-corrected chi connectivity index (χ4v) is 3.34. The van der Waals surface area contributed by atoms with Crippen molar-refractivity contribution in [1.29, 1.82) is 0 Å². The number of benzene rings is 2. The summed E-state index contributed by atoms with van der Waals surface area (Å²) in [7, 11) is 0. The number of terminal acetylenes is 1. The first-order chi connectivity index (χ1) is 15.0. The van der Waals surface area contributed by atoms with E-state index in [1.165, 1.54) is 17.0 Å². The summed E-state index contributed by atoms with van der Waals surface area (Å²) in [6.45, 7) is 1.72. The predicted octanol–water partition coefficient (Wildman–Crippen LogP) is 2.23. The second-order valence-corrected chi connectivity index (χ2v) is 6.78. The number of nitrogen functional groups attached to an aromatic ring is 1. The molecule has 2 aromatic heterocycles. The van der Waals surface area contributed by atoms with Gasteiger partial charge in [0.15, 0.2) is 11.5 Å². The number of carbonyl (C=O) groups is 1. The van der Waals surface area contributed by atoms with E-state index in [2.05, 4.69) is 26.2 Å². The van der Waals surface area contributed by atoms with Crippen LogP contribution in [0.4, 0.5) is 5.82 Å². The molecular formula is C23H18N6O2. The summed E-state index contributed by atoms with van der Waals surface area (Å²) in [6, 6.07) is 13.5. The van der Waals surface area contributed by atoms with Gasteiger partial charge in [-0.25, -0.2) is 15.0 Å². The molecule has 0 bridgehead atoms. The van der Waals surface area contributed by atoms with E-state index in [0.717, 1.165) is 0 Å². The molecule has 0 saturated carbocycles. The van der Waals surface area contributed by atoms with E-state index >= 15 is 0 Å². The quantitative estimate of drug-likeness (QED) is 0.499. The highest BCUT2D eigenvalue weighted by Crippen LogP contribution is 2.20. The molecule has 0 spiro atoms. The monoisotopic (exact) mass is 410 g/mol. The Morgan fingerprint density at radius 2 is 1.87 bits per heavy atom. The van der Waals surface area contributed by atoms with Crippen LogP contribution < -0.4 is 16.6 Å². The Morgan fingerprint density at radius 1 is 1.13 bits per heavy atom. The third-order valence-corrected chi connectivity index (χ3v) is 4.77. The van der Waals surface area contributed by atoms with Crippen molar-refractivity contribution in [3.8, 4) is 18.0 Å². The van der Waals surface area contributed by atoms with Crippen LogP contribution in [-0.4, -0.2) is 25.4 Å². The van der Waals surface area contributed by atoms with Gasteiger partial charge in [-0.05, 0) is 31.2 Å². The van der Waals surface area contributed by atoms with Crippen LogP contribution in [0.25, 0.3) is 16.6 Å². The molecular weight excluding hydrogens is 392 g/mol. The van der Waals surface area contributed by atoms with Gasteiger partial charge in [-0.15, -0.1) is 6.42 Å². The zero-order valence-electron chi connectivity index (χ0n) is 16.6. The Balaban J connectivity index is 1.89. The van der Waals surface area contributed by atoms with Crippen molar-refractivity contribution in [3.05, 3.63) is 88.4 Å². The number of amides is 1. The Hall–Kier alpha value is -4.51. The lowest BCUT2D eigenvalue weighted by Crippen LogP contribution is -2.34. The Labute approximate surface area is 177 Å². The molecule has 8 heteroatoms. The number of para-hydroxylation sites is 1. The highest BCUT2D eigenvalue weighted by molar-refractivity contribution is 5.96. The average molecular weight is 410 g/mol. The molecule has 0 aliphatic rings. The third-order valence-electron chi connectivity index (χ3n) is 4.77. The van der Waals surface area contributed by atoms with Crippen molar-refractivity contribution in [2.75, 3.05) is 5.73 Å². The Morgan fingerprint density at radius 3 is 2.58 bits per heavy atom. The minimum absolute atomic E-state index is 0.00151. The number of anilines is 1. The van der Waals surface area contributed by atoms with E-state index in [1.807, 2.05) is 18.2 Å². The molecule has 0 fully saturated rings. The van der Waals surface area contributed by atoms with E-state index in [1.54, 1.807) is 37.3 Å². The van der Waals surface area contributed by atoms with Gasteiger partial charge in [0.05, 0.1) is 22.6 Å². The summed E-state index contributed by atoms with van der Waals surface area (Å²) in [5, 5.41) is 3.14. The molecule has 4 rings (SSSR count). The third kappa shape index (κ3) is 3.60. The topological polar surface area (TPSA) is 116 Å². The van der Waals surface area contributed by atoms with Crippen molar-refractivity contribution in [3.63, 3.8) is 0 Å². The second-order valence-electron chi connectivity index (χ2n) is 6.78. The summed E-state index contributed by atoms with van der Waals surface area (Å²) in [6.07, 6.45) is 8.39. The van der Waals surface area contributed by atoms with Crippen molar-refractivity contribution < 1.29 is 4.79 Å². The normalized spacial score (nSPS) is 11.6. The van der Waals surface area contributed by atoms with Gasteiger partial charge < -0.3 is 11.1 Å². The molecule has 0 aliphatic carbocycles.